The lowest BCUT2D eigenvalue weighted by Gasteiger charge is -2.46. The van der Waals surface area contributed by atoms with Crippen molar-refractivity contribution in [2.45, 2.75) is 71.0 Å². The van der Waals surface area contributed by atoms with Gasteiger partial charge in [-0.25, -0.2) is 0 Å². The Morgan fingerprint density at radius 1 is 1.11 bits per heavy atom. The summed E-state index contributed by atoms with van der Waals surface area (Å²) in [6, 6.07) is 2.25. The van der Waals surface area contributed by atoms with E-state index in [0.29, 0.717) is 6.04 Å². The lowest BCUT2D eigenvalue weighted by molar-refractivity contribution is 0.0290. The van der Waals surface area contributed by atoms with Crippen LogP contribution >= 0.6 is 0 Å². The molecular formula is C16H33N3. The second kappa shape index (κ2) is 7.61. The number of nitrogens with zero attached hydrogens (tertiary/aromatic N) is 2. The largest absolute Gasteiger partial charge is 0.315 e. The molecule has 2 fully saturated rings. The molecule has 2 atom stereocenters. The summed E-state index contributed by atoms with van der Waals surface area (Å²) in [6.45, 7) is 13.3. The highest BCUT2D eigenvalue weighted by molar-refractivity contribution is 4.86. The highest BCUT2D eigenvalue weighted by atomic mass is 15.3. The molecule has 1 N–H and O–H groups in total. The van der Waals surface area contributed by atoms with E-state index in [0.717, 1.165) is 12.1 Å². The van der Waals surface area contributed by atoms with Gasteiger partial charge in [0.05, 0.1) is 0 Å². The van der Waals surface area contributed by atoms with Crippen molar-refractivity contribution in [2.75, 3.05) is 32.7 Å². The monoisotopic (exact) mass is 267 g/mol. The number of piperazine rings is 1. The third-order valence-corrected chi connectivity index (χ3v) is 4.84. The van der Waals surface area contributed by atoms with Gasteiger partial charge in [-0.2, -0.15) is 0 Å². The van der Waals surface area contributed by atoms with E-state index < -0.39 is 0 Å². The van der Waals surface area contributed by atoms with Crippen LogP contribution in [0.3, 0.4) is 0 Å². The fraction of sp³-hybridized carbons (Fsp3) is 1.00. The molecule has 0 aromatic carbocycles. The third kappa shape index (κ3) is 4.73. The van der Waals surface area contributed by atoms with Gasteiger partial charge in [0.1, 0.15) is 0 Å². The molecular weight excluding hydrogens is 234 g/mol. The van der Waals surface area contributed by atoms with Gasteiger partial charge < -0.3 is 5.32 Å². The van der Waals surface area contributed by atoms with Crippen LogP contribution in [0.5, 0.6) is 0 Å². The predicted molar refractivity (Wildman–Crippen MR) is 82.6 cm³/mol. The first-order chi connectivity index (χ1) is 9.16. The first-order valence-corrected chi connectivity index (χ1v) is 8.38. The molecule has 112 valence electrons. The number of piperidine rings is 1. The summed E-state index contributed by atoms with van der Waals surface area (Å²) in [6.07, 6.45) is 6.95. The molecule has 19 heavy (non-hydrogen) atoms. The van der Waals surface area contributed by atoms with Gasteiger partial charge in [-0.3, -0.25) is 9.80 Å². The maximum absolute atomic E-state index is 3.52. The SMILES string of the molecule is CC(C)NCCCC(C)N1CCN2CCCCC2C1. The molecule has 2 saturated heterocycles. The first kappa shape index (κ1) is 15.3. The lowest BCUT2D eigenvalue weighted by atomic mass is 9.98. The standard InChI is InChI=1S/C16H33N3/c1-14(2)17-9-6-7-15(3)19-12-11-18-10-5-4-8-16(18)13-19/h14-17H,4-13H2,1-3H3. The van der Waals surface area contributed by atoms with Crippen LogP contribution in [0.4, 0.5) is 0 Å². The molecule has 0 bridgehead atoms. The molecule has 0 saturated carbocycles. The summed E-state index contributed by atoms with van der Waals surface area (Å²) in [5.41, 5.74) is 0. The summed E-state index contributed by atoms with van der Waals surface area (Å²) in [5, 5.41) is 3.52. The Hall–Kier alpha value is -0.120. The molecule has 0 radical (unpaired) electrons. The Balaban J connectivity index is 1.66. The van der Waals surface area contributed by atoms with Crippen LogP contribution in [-0.4, -0.2) is 60.6 Å². The number of rotatable bonds is 6. The molecule has 3 heteroatoms. The van der Waals surface area contributed by atoms with Crippen LogP contribution in [0.25, 0.3) is 0 Å². The molecule has 2 aliphatic rings. The molecule has 2 rings (SSSR count). The van der Waals surface area contributed by atoms with E-state index >= 15 is 0 Å². The maximum atomic E-state index is 3.52. The second-order valence-electron chi connectivity index (χ2n) is 6.78. The number of hydrogen-bond acceptors (Lipinski definition) is 3. The molecule has 2 aliphatic heterocycles. The molecule has 0 aliphatic carbocycles. The molecule has 0 aromatic rings. The van der Waals surface area contributed by atoms with Gasteiger partial charge in [0, 0.05) is 37.8 Å². The summed E-state index contributed by atoms with van der Waals surface area (Å²) >= 11 is 0. The van der Waals surface area contributed by atoms with E-state index in [-0.39, 0.29) is 0 Å². The minimum atomic E-state index is 0.626. The van der Waals surface area contributed by atoms with Crippen LogP contribution < -0.4 is 5.32 Å². The minimum Gasteiger partial charge on any atom is -0.315 e. The van der Waals surface area contributed by atoms with Gasteiger partial charge in [-0.15, -0.1) is 0 Å². The van der Waals surface area contributed by atoms with Gasteiger partial charge in [-0.1, -0.05) is 20.3 Å². The number of hydrogen-bond donors (Lipinski definition) is 1. The van der Waals surface area contributed by atoms with Crippen LogP contribution in [-0.2, 0) is 0 Å². The van der Waals surface area contributed by atoms with Gasteiger partial charge in [0.15, 0.2) is 0 Å². The summed E-state index contributed by atoms with van der Waals surface area (Å²) in [7, 11) is 0. The average molecular weight is 267 g/mol. The van der Waals surface area contributed by atoms with E-state index in [4.69, 9.17) is 0 Å². The van der Waals surface area contributed by atoms with Crippen molar-refractivity contribution in [3.05, 3.63) is 0 Å². The van der Waals surface area contributed by atoms with Gasteiger partial charge in [0.25, 0.3) is 0 Å². The zero-order valence-electron chi connectivity index (χ0n) is 13.2. The van der Waals surface area contributed by atoms with Crippen molar-refractivity contribution in [1.82, 2.24) is 15.1 Å². The fourth-order valence-electron chi connectivity index (χ4n) is 3.55. The highest BCUT2D eigenvalue weighted by Gasteiger charge is 2.30. The predicted octanol–water partition coefficient (Wildman–Crippen LogP) is 2.32. The Morgan fingerprint density at radius 2 is 1.95 bits per heavy atom. The quantitative estimate of drug-likeness (QED) is 0.745. The highest BCUT2D eigenvalue weighted by Crippen LogP contribution is 2.22. The van der Waals surface area contributed by atoms with Gasteiger partial charge >= 0.3 is 0 Å². The van der Waals surface area contributed by atoms with Gasteiger partial charge in [-0.05, 0) is 45.7 Å². The molecule has 0 amide bonds. The topological polar surface area (TPSA) is 18.5 Å². The van der Waals surface area contributed by atoms with Crippen molar-refractivity contribution < 1.29 is 0 Å². The smallest absolute Gasteiger partial charge is 0.0223 e. The summed E-state index contributed by atoms with van der Waals surface area (Å²) in [4.78, 5) is 5.47. The second-order valence-corrected chi connectivity index (χ2v) is 6.78. The van der Waals surface area contributed by atoms with Crippen LogP contribution in [0.1, 0.15) is 52.9 Å². The first-order valence-electron chi connectivity index (χ1n) is 8.38. The third-order valence-electron chi connectivity index (χ3n) is 4.84. The van der Waals surface area contributed by atoms with Crippen molar-refractivity contribution in [2.24, 2.45) is 0 Å². The Kier molecular flexibility index (Phi) is 6.11. The Morgan fingerprint density at radius 3 is 2.74 bits per heavy atom. The average Bonchev–Trinajstić information content (AvgIpc) is 2.42. The Labute approximate surface area is 119 Å². The fourth-order valence-corrected chi connectivity index (χ4v) is 3.55. The minimum absolute atomic E-state index is 0.626. The van der Waals surface area contributed by atoms with E-state index in [1.54, 1.807) is 0 Å². The molecule has 3 nitrogen and oxygen atoms in total. The van der Waals surface area contributed by atoms with Crippen LogP contribution in [0.2, 0.25) is 0 Å². The van der Waals surface area contributed by atoms with E-state index in [1.807, 2.05) is 0 Å². The number of nitrogens with one attached hydrogen (secondary N) is 1. The molecule has 0 spiro atoms. The molecule has 2 heterocycles. The summed E-state index contributed by atoms with van der Waals surface area (Å²) < 4.78 is 0. The van der Waals surface area contributed by atoms with Crippen molar-refractivity contribution >= 4 is 0 Å². The van der Waals surface area contributed by atoms with Crippen molar-refractivity contribution in [3.8, 4) is 0 Å². The van der Waals surface area contributed by atoms with Crippen molar-refractivity contribution in [1.29, 1.82) is 0 Å². The molecule has 0 aromatic heterocycles. The van der Waals surface area contributed by atoms with Crippen LogP contribution in [0, 0.1) is 0 Å². The van der Waals surface area contributed by atoms with E-state index in [9.17, 15) is 0 Å². The van der Waals surface area contributed by atoms with E-state index in [1.165, 1.54) is 64.8 Å². The zero-order valence-corrected chi connectivity index (χ0v) is 13.2. The zero-order chi connectivity index (χ0) is 13.7. The summed E-state index contributed by atoms with van der Waals surface area (Å²) in [5.74, 6) is 0. The number of fused-ring (bicyclic) bond motifs is 1. The Bertz CT molecular complexity index is 254. The van der Waals surface area contributed by atoms with Gasteiger partial charge in [0.2, 0.25) is 0 Å². The van der Waals surface area contributed by atoms with Crippen molar-refractivity contribution in [3.63, 3.8) is 0 Å². The molecule has 2 unspecified atom stereocenters. The van der Waals surface area contributed by atoms with Crippen LogP contribution in [0.15, 0.2) is 0 Å². The lowest BCUT2D eigenvalue weighted by Crippen LogP contribution is -2.56. The van der Waals surface area contributed by atoms with E-state index in [2.05, 4.69) is 35.9 Å². The maximum Gasteiger partial charge on any atom is 0.0223 e. The normalized spacial score (nSPS) is 27.5.